The van der Waals surface area contributed by atoms with Crippen LogP contribution in [0.15, 0.2) is 48.5 Å². The van der Waals surface area contributed by atoms with Crippen LogP contribution in [-0.2, 0) is 20.5 Å². The van der Waals surface area contributed by atoms with Crippen molar-refractivity contribution in [3.8, 4) is 0 Å². The summed E-state index contributed by atoms with van der Waals surface area (Å²) in [5.74, 6) is -0.750. The number of carbonyl (C=O) groups excluding carboxylic acids is 1. The molecule has 3 rings (SSSR count). The number of nitrogens with zero attached hydrogens (tertiary/aromatic N) is 1. The van der Waals surface area contributed by atoms with E-state index in [0.29, 0.717) is 16.3 Å². The smallest absolute Gasteiger partial charge is 0.414 e. The largest absolute Gasteiger partial charge is 0.443 e. The van der Waals surface area contributed by atoms with Crippen LogP contribution in [-0.4, -0.2) is 33.7 Å². The maximum atomic E-state index is 13.3. The molecule has 1 amide bonds. The summed E-state index contributed by atoms with van der Waals surface area (Å²) in [7, 11) is -3.66. The highest BCUT2D eigenvalue weighted by Crippen LogP contribution is 2.22. The lowest BCUT2D eigenvalue weighted by Crippen LogP contribution is -2.35. The Morgan fingerprint density at radius 3 is 2.73 bits per heavy atom. The zero-order valence-corrected chi connectivity index (χ0v) is 15.1. The standard InChI is InChI=1S/C17H16ClFN2O4S/c18-16-7-2-1-4-12(16)11-26(23,24)20-9-15-10-21(17(22)25-15)14-6-3-5-13(19)8-14/h1-8,15,20H,9-11H2. The van der Waals surface area contributed by atoms with Gasteiger partial charge in [0.15, 0.2) is 0 Å². The van der Waals surface area contributed by atoms with E-state index in [-0.39, 0.29) is 18.8 Å². The predicted octanol–water partition coefficient (Wildman–Crippen LogP) is 2.92. The molecule has 1 atom stereocenters. The maximum Gasteiger partial charge on any atom is 0.414 e. The zero-order chi connectivity index (χ0) is 18.7. The Balaban J connectivity index is 1.60. The third-order valence-electron chi connectivity index (χ3n) is 3.83. The van der Waals surface area contributed by atoms with E-state index in [0.717, 1.165) is 0 Å². The van der Waals surface area contributed by atoms with Crippen molar-refractivity contribution in [2.24, 2.45) is 0 Å². The highest BCUT2D eigenvalue weighted by molar-refractivity contribution is 7.88. The van der Waals surface area contributed by atoms with Crippen molar-refractivity contribution in [2.45, 2.75) is 11.9 Å². The lowest BCUT2D eigenvalue weighted by atomic mass is 10.2. The van der Waals surface area contributed by atoms with Crippen molar-refractivity contribution in [1.82, 2.24) is 4.72 Å². The van der Waals surface area contributed by atoms with Gasteiger partial charge in [-0.05, 0) is 29.8 Å². The summed E-state index contributed by atoms with van der Waals surface area (Å²) in [6.45, 7) is 0.0429. The molecule has 1 heterocycles. The van der Waals surface area contributed by atoms with E-state index in [1.807, 2.05) is 0 Å². The molecule has 0 aromatic heterocycles. The number of hydrogen-bond acceptors (Lipinski definition) is 4. The van der Waals surface area contributed by atoms with E-state index >= 15 is 0 Å². The highest BCUT2D eigenvalue weighted by Gasteiger charge is 2.33. The maximum absolute atomic E-state index is 13.3. The van der Waals surface area contributed by atoms with Crippen molar-refractivity contribution >= 4 is 33.4 Å². The Bertz CT molecular complexity index is 922. The molecular formula is C17H16ClFN2O4S. The minimum Gasteiger partial charge on any atom is -0.443 e. The number of cyclic esters (lactones) is 1. The van der Waals surface area contributed by atoms with Gasteiger partial charge in [0, 0.05) is 11.6 Å². The van der Waals surface area contributed by atoms with E-state index in [1.54, 1.807) is 30.3 Å². The Morgan fingerprint density at radius 2 is 2.00 bits per heavy atom. The molecule has 26 heavy (non-hydrogen) atoms. The molecule has 6 nitrogen and oxygen atoms in total. The number of benzene rings is 2. The number of rotatable bonds is 6. The second-order valence-electron chi connectivity index (χ2n) is 5.80. The molecule has 1 saturated heterocycles. The van der Waals surface area contributed by atoms with E-state index in [4.69, 9.17) is 16.3 Å². The van der Waals surface area contributed by atoms with Crippen LogP contribution >= 0.6 is 11.6 Å². The van der Waals surface area contributed by atoms with Crippen LogP contribution in [0.1, 0.15) is 5.56 Å². The summed E-state index contributed by atoms with van der Waals surface area (Å²) in [5, 5.41) is 0.363. The summed E-state index contributed by atoms with van der Waals surface area (Å²) in [6.07, 6.45) is -1.32. The van der Waals surface area contributed by atoms with Crippen LogP contribution in [0, 0.1) is 5.82 Å². The average molecular weight is 399 g/mol. The molecule has 1 aliphatic heterocycles. The molecular weight excluding hydrogens is 383 g/mol. The number of carbonyl (C=O) groups is 1. The fourth-order valence-corrected chi connectivity index (χ4v) is 4.06. The van der Waals surface area contributed by atoms with E-state index in [2.05, 4.69) is 4.72 Å². The van der Waals surface area contributed by atoms with Gasteiger partial charge in [-0.1, -0.05) is 35.9 Å². The summed E-state index contributed by atoms with van der Waals surface area (Å²) in [5.41, 5.74) is 0.836. The Morgan fingerprint density at radius 1 is 1.23 bits per heavy atom. The van der Waals surface area contributed by atoms with Crippen LogP contribution in [0.2, 0.25) is 5.02 Å². The number of anilines is 1. The second kappa shape index (κ2) is 7.61. The number of sulfonamides is 1. The van der Waals surface area contributed by atoms with Gasteiger partial charge >= 0.3 is 6.09 Å². The molecule has 1 aliphatic rings. The monoisotopic (exact) mass is 398 g/mol. The number of ether oxygens (including phenoxy) is 1. The Kier molecular flexibility index (Phi) is 5.45. The molecule has 2 aromatic carbocycles. The van der Waals surface area contributed by atoms with E-state index < -0.39 is 28.0 Å². The van der Waals surface area contributed by atoms with Gasteiger partial charge in [0.25, 0.3) is 0 Å². The first-order valence-electron chi connectivity index (χ1n) is 7.78. The van der Waals surface area contributed by atoms with E-state index in [9.17, 15) is 17.6 Å². The first-order valence-corrected chi connectivity index (χ1v) is 9.81. The van der Waals surface area contributed by atoms with Gasteiger partial charge in [-0.15, -0.1) is 0 Å². The minimum atomic E-state index is -3.66. The van der Waals surface area contributed by atoms with Gasteiger partial charge in [-0.2, -0.15) is 0 Å². The van der Waals surface area contributed by atoms with Crippen LogP contribution in [0.5, 0.6) is 0 Å². The lowest BCUT2D eigenvalue weighted by molar-refractivity contribution is 0.143. The van der Waals surface area contributed by atoms with Crippen molar-refractivity contribution in [1.29, 1.82) is 0 Å². The van der Waals surface area contributed by atoms with Gasteiger partial charge in [0.1, 0.15) is 11.9 Å². The molecule has 1 unspecified atom stereocenters. The van der Waals surface area contributed by atoms with Crippen molar-refractivity contribution in [3.63, 3.8) is 0 Å². The molecule has 2 aromatic rings. The summed E-state index contributed by atoms with van der Waals surface area (Å²) < 4.78 is 45.3. The molecule has 0 radical (unpaired) electrons. The molecule has 138 valence electrons. The van der Waals surface area contributed by atoms with Gasteiger partial charge in [0.05, 0.1) is 18.0 Å². The normalized spacial score (nSPS) is 17.4. The predicted molar refractivity (Wildman–Crippen MR) is 96.1 cm³/mol. The van der Waals surface area contributed by atoms with Crippen LogP contribution in [0.4, 0.5) is 14.9 Å². The third kappa shape index (κ3) is 4.51. The number of amides is 1. The van der Waals surface area contributed by atoms with Gasteiger partial charge in [-0.3, -0.25) is 4.90 Å². The molecule has 0 spiro atoms. The molecule has 1 fully saturated rings. The lowest BCUT2D eigenvalue weighted by Gasteiger charge is -2.13. The molecule has 1 N–H and O–H groups in total. The minimum absolute atomic E-state index is 0.0790. The number of halogens is 2. The van der Waals surface area contributed by atoms with Crippen LogP contribution in [0.3, 0.4) is 0 Å². The van der Waals surface area contributed by atoms with E-state index in [1.165, 1.54) is 23.1 Å². The van der Waals surface area contributed by atoms with Gasteiger partial charge in [-0.25, -0.2) is 22.3 Å². The molecule has 0 aliphatic carbocycles. The SMILES string of the molecule is O=C1OC(CNS(=O)(=O)Cc2ccccc2Cl)CN1c1cccc(F)c1. The van der Waals surface area contributed by atoms with Crippen molar-refractivity contribution < 1.29 is 22.3 Å². The Labute approximate surface area is 155 Å². The first kappa shape index (κ1) is 18.6. The Hall–Kier alpha value is -2.16. The molecule has 9 heteroatoms. The van der Waals surface area contributed by atoms with Gasteiger partial charge in [0.2, 0.25) is 10.0 Å². The van der Waals surface area contributed by atoms with Crippen LogP contribution in [0.25, 0.3) is 0 Å². The summed E-state index contributed by atoms with van der Waals surface area (Å²) >= 11 is 5.98. The first-order chi connectivity index (χ1) is 12.3. The fraction of sp³-hybridized carbons (Fsp3) is 0.235. The molecule has 0 bridgehead atoms. The van der Waals surface area contributed by atoms with Crippen molar-refractivity contribution in [2.75, 3.05) is 18.0 Å². The third-order valence-corrected chi connectivity index (χ3v) is 5.49. The average Bonchev–Trinajstić information content (AvgIpc) is 2.96. The zero-order valence-electron chi connectivity index (χ0n) is 13.6. The highest BCUT2D eigenvalue weighted by atomic mass is 35.5. The van der Waals surface area contributed by atoms with Crippen LogP contribution < -0.4 is 9.62 Å². The fourth-order valence-electron chi connectivity index (χ4n) is 2.57. The van der Waals surface area contributed by atoms with Gasteiger partial charge < -0.3 is 4.74 Å². The topological polar surface area (TPSA) is 75.7 Å². The molecule has 0 saturated carbocycles. The summed E-state index contributed by atoms with van der Waals surface area (Å²) in [6, 6.07) is 12.2. The van der Waals surface area contributed by atoms with Crippen molar-refractivity contribution in [3.05, 3.63) is 64.9 Å². The number of nitrogens with one attached hydrogen (secondary N) is 1. The second-order valence-corrected chi connectivity index (χ2v) is 8.01. The number of hydrogen-bond donors (Lipinski definition) is 1. The summed E-state index contributed by atoms with van der Waals surface area (Å²) in [4.78, 5) is 13.2. The quantitative estimate of drug-likeness (QED) is 0.811.